The fourth-order valence-corrected chi connectivity index (χ4v) is 6.18. The third kappa shape index (κ3) is 2.01. The summed E-state index contributed by atoms with van der Waals surface area (Å²) >= 11 is 0. The van der Waals surface area contributed by atoms with Gasteiger partial charge < -0.3 is 19.7 Å². The topological polar surface area (TPSA) is 103 Å². The zero-order valence-corrected chi connectivity index (χ0v) is 15.9. The Morgan fingerprint density at radius 1 is 1.40 bits per heavy atom. The lowest BCUT2D eigenvalue weighted by molar-refractivity contribution is -0.165. The largest absolute Gasteiger partial charge is 0.417 e. The highest BCUT2D eigenvalue weighted by Gasteiger charge is 2.85. The van der Waals surface area contributed by atoms with E-state index >= 15 is 0 Å². The summed E-state index contributed by atoms with van der Waals surface area (Å²) in [4.78, 5) is 14.8. The Balaban J connectivity index is 1.69. The average molecular weight is 424 g/mol. The summed E-state index contributed by atoms with van der Waals surface area (Å²) in [5, 5.41) is 30.1. The van der Waals surface area contributed by atoms with E-state index in [0.29, 0.717) is 6.42 Å². The Morgan fingerprint density at radius 2 is 2.13 bits per heavy atom. The fourth-order valence-electron chi connectivity index (χ4n) is 6.18. The molecule has 6 atom stereocenters. The van der Waals surface area contributed by atoms with Gasteiger partial charge in [-0.05, 0) is 25.1 Å². The molecule has 5 rings (SSSR count). The molecule has 4 aliphatic heterocycles. The van der Waals surface area contributed by atoms with Crippen LogP contribution in [0.5, 0.6) is 0 Å². The van der Waals surface area contributed by atoms with Crippen molar-refractivity contribution in [3.63, 3.8) is 0 Å². The summed E-state index contributed by atoms with van der Waals surface area (Å²) in [5.74, 6) is -1.34. The van der Waals surface area contributed by atoms with Crippen LogP contribution in [0.4, 0.5) is 18.9 Å². The second kappa shape index (κ2) is 5.73. The molecule has 1 amide bonds. The summed E-state index contributed by atoms with van der Waals surface area (Å²) in [6.45, 7) is 1.21. The molecule has 7 nitrogen and oxygen atoms in total. The second-order valence-electron chi connectivity index (χ2n) is 8.64. The predicted octanol–water partition coefficient (Wildman–Crippen LogP) is 1.56. The smallest absolute Gasteiger partial charge is 0.395 e. The molecule has 4 heterocycles. The Hall–Kier alpha value is -2.19. The monoisotopic (exact) mass is 424 g/mol. The number of benzene rings is 1. The fraction of sp³-hybridized carbons (Fsp3) is 0.600. The van der Waals surface area contributed by atoms with Gasteiger partial charge in [0.2, 0.25) is 5.91 Å². The van der Waals surface area contributed by atoms with Crippen molar-refractivity contribution in [3.8, 4) is 6.07 Å². The molecule has 4 fully saturated rings. The van der Waals surface area contributed by atoms with Gasteiger partial charge in [0.1, 0.15) is 17.2 Å². The quantitative estimate of drug-likeness (QED) is 0.747. The Bertz CT molecular complexity index is 994. The highest BCUT2D eigenvalue weighted by Crippen LogP contribution is 2.71. The van der Waals surface area contributed by atoms with Crippen LogP contribution >= 0.6 is 0 Å². The molecular formula is C20H19F3N2O5. The zero-order chi connectivity index (χ0) is 21.7. The number of amides is 1. The molecule has 160 valence electrons. The molecule has 1 aromatic carbocycles. The number of carbonyl (C=O) groups is 1. The van der Waals surface area contributed by atoms with Gasteiger partial charge >= 0.3 is 6.18 Å². The minimum Gasteiger partial charge on any atom is -0.395 e. The van der Waals surface area contributed by atoms with Crippen LogP contribution in [0.1, 0.15) is 30.9 Å². The lowest BCUT2D eigenvalue weighted by atomic mass is 9.56. The van der Waals surface area contributed by atoms with Crippen LogP contribution in [0.2, 0.25) is 0 Å². The molecule has 4 saturated heterocycles. The van der Waals surface area contributed by atoms with E-state index in [0.717, 1.165) is 17.0 Å². The van der Waals surface area contributed by atoms with Crippen LogP contribution in [0, 0.1) is 22.7 Å². The van der Waals surface area contributed by atoms with Crippen molar-refractivity contribution in [1.29, 1.82) is 5.26 Å². The number of carbonyl (C=O) groups excluding carboxylic acids is 1. The van der Waals surface area contributed by atoms with Crippen LogP contribution in [0.3, 0.4) is 0 Å². The molecule has 0 unspecified atom stereocenters. The summed E-state index contributed by atoms with van der Waals surface area (Å²) < 4.78 is 52.5. The molecule has 1 spiro atoms. The average Bonchev–Trinajstić information content (AvgIpc) is 3.20. The van der Waals surface area contributed by atoms with E-state index < -0.39 is 64.7 Å². The number of fused-ring (bicyclic) bond motifs is 2. The van der Waals surface area contributed by atoms with Gasteiger partial charge in [0.15, 0.2) is 0 Å². The number of hydrogen-bond acceptors (Lipinski definition) is 6. The van der Waals surface area contributed by atoms with Gasteiger partial charge in [-0.15, -0.1) is 0 Å². The minimum atomic E-state index is -4.78. The van der Waals surface area contributed by atoms with E-state index in [9.17, 15) is 28.2 Å². The van der Waals surface area contributed by atoms with Gasteiger partial charge in [-0.25, -0.2) is 0 Å². The van der Waals surface area contributed by atoms with Gasteiger partial charge in [0.05, 0.1) is 48.0 Å². The number of ether oxygens (including phenoxy) is 2. The van der Waals surface area contributed by atoms with E-state index in [2.05, 4.69) is 0 Å². The molecule has 0 saturated carbocycles. The number of nitrogens with zero attached hydrogens (tertiary/aromatic N) is 2. The van der Waals surface area contributed by atoms with Crippen LogP contribution < -0.4 is 4.90 Å². The molecule has 2 bridgehead atoms. The Labute approximate surface area is 169 Å². The number of aliphatic hydroxyl groups is 2. The number of halogens is 3. The van der Waals surface area contributed by atoms with E-state index in [1.807, 2.05) is 0 Å². The first-order valence-electron chi connectivity index (χ1n) is 9.61. The summed E-state index contributed by atoms with van der Waals surface area (Å²) in [7, 11) is 0. The van der Waals surface area contributed by atoms with Gasteiger partial charge in [-0.3, -0.25) is 9.69 Å². The van der Waals surface area contributed by atoms with E-state index in [-0.39, 0.29) is 18.7 Å². The van der Waals surface area contributed by atoms with Crippen molar-refractivity contribution in [2.45, 2.75) is 49.5 Å². The number of rotatable bonds is 2. The first-order chi connectivity index (χ1) is 14.1. The van der Waals surface area contributed by atoms with Crippen molar-refractivity contribution in [1.82, 2.24) is 0 Å². The van der Waals surface area contributed by atoms with Crippen molar-refractivity contribution >= 4 is 11.6 Å². The predicted molar refractivity (Wildman–Crippen MR) is 93.9 cm³/mol. The number of aliphatic hydroxyl groups excluding tert-OH is 2. The second-order valence-corrected chi connectivity index (χ2v) is 8.64. The number of hydrogen-bond donors (Lipinski definition) is 2. The normalized spacial score (nSPS) is 41.8. The van der Waals surface area contributed by atoms with Crippen molar-refractivity contribution in [2.24, 2.45) is 11.3 Å². The third-order valence-corrected chi connectivity index (χ3v) is 7.44. The zero-order valence-electron chi connectivity index (χ0n) is 15.9. The summed E-state index contributed by atoms with van der Waals surface area (Å²) in [5.41, 5.74) is -5.51. The maximum Gasteiger partial charge on any atom is 0.417 e. The molecule has 0 aromatic heterocycles. The SMILES string of the molecule is C[C@@]12C[C@H](O)[C@]3(CCO[C@H]4[C@@H]3[C@]1(CO)C(=O)N4c1ccc(C#N)c(C(F)(F)F)c1)O2. The molecule has 10 heteroatoms. The van der Waals surface area contributed by atoms with Gasteiger partial charge in [-0.1, -0.05) is 0 Å². The molecule has 4 aliphatic rings. The van der Waals surface area contributed by atoms with Crippen LogP contribution in [-0.2, 0) is 20.4 Å². The van der Waals surface area contributed by atoms with Gasteiger partial charge in [0, 0.05) is 18.5 Å². The highest BCUT2D eigenvalue weighted by molar-refractivity contribution is 6.03. The third-order valence-electron chi connectivity index (χ3n) is 7.44. The standard InChI is InChI=1S/C20H19F3N2O5/c1-17-7-13(27)19(30-17)4-5-29-15-14(19)18(17,9-26)16(28)25(15)11-3-2-10(8-24)12(6-11)20(21,22)23/h2-3,6,13-15,26-27H,4-5,7,9H2,1H3/t13-,14+,15-,17+,18+,19-/m0/s1. The van der Waals surface area contributed by atoms with Crippen LogP contribution in [0.25, 0.3) is 0 Å². The highest BCUT2D eigenvalue weighted by atomic mass is 19.4. The number of anilines is 1. The first-order valence-corrected chi connectivity index (χ1v) is 9.61. The van der Waals surface area contributed by atoms with Crippen molar-refractivity contribution < 1.29 is 37.7 Å². The Morgan fingerprint density at radius 3 is 2.77 bits per heavy atom. The van der Waals surface area contributed by atoms with E-state index in [1.54, 1.807) is 6.92 Å². The molecule has 30 heavy (non-hydrogen) atoms. The van der Waals surface area contributed by atoms with Gasteiger partial charge in [0.25, 0.3) is 0 Å². The number of alkyl halides is 3. The van der Waals surface area contributed by atoms with Crippen LogP contribution in [-0.4, -0.2) is 52.9 Å². The maximum atomic E-state index is 13.7. The van der Waals surface area contributed by atoms with E-state index in [1.165, 1.54) is 12.1 Å². The Kier molecular flexibility index (Phi) is 3.78. The van der Waals surface area contributed by atoms with Crippen molar-refractivity contribution in [2.75, 3.05) is 18.1 Å². The minimum absolute atomic E-state index is 0.0758. The molecule has 1 aromatic rings. The lowest BCUT2D eigenvalue weighted by Gasteiger charge is -2.46. The lowest BCUT2D eigenvalue weighted by Crippen LogP contribution is -2.61. The van der Waals surface area contributed by atoms with E-state index in [4.69, 9.17) is 14.7 Å². The maximum absolute atomic E-state index is 13.7. The van der Waals surface area contributed by atoms with Crippen molar-refractivity contribution in [3.05, 3.63) is 29.3 Å². The first kappa shape index (κ1) is 19.8. The van der Waals surface area contributed by atoms with Crippen LogP contribution in [0.15, 0.2) is 18.2 Å². The molecule has 0 aliphatic carbocycles. The summed E-state index contributed by atoms with van der Waals surface area (Å²) in [6.07, 6.45) is -6.21. The molecule has 0 radical (unpaired) electrons. The summed E-state index contributed by atoms with van der Waals surface area (Å²) in [6, 6.07) is 4.57. The van der Waals surface area contributed by atoms with Gasteiger partial charge in [-0.2, -0.15) is 18.4 Å². The molecular weight excluding hydrogens is 405 g/mol. The number of nitriles is 1. The molecule has 2 N–H and O–H groups in total.